The minimum Gasteiger partial charge on any atom is -0.488 e. The molecule has 2 aliphatic heterocycles. The number of benzene rings is 1. The Kier molecular flexibility index (Phi) is 4.34. The highest BCUT2D eigenvalue weighted by Gasteiger charge is 2.30. The Balaban J connectivity index is 1.64. The summed E-state index contributed by atoms with van der Waals surface area (Å²) in [6.07, 6.45) is 5.11. The average Bonchev–Trinajstić information content (AvgIpc) is 2.80. The van der Waals surface area contributed by atoms with Gasteiger partial charge >= 0.3 is 0 Å². The lowest BCUT2D eigenvalue weighted by molar-refractivity contribution is 0.0803. The number of likely N-dealkylation sites (tertiary alicyclic amines) is 1. The predicted molar refractivity (Wildman–Crippen MR) is 85.1 cm³/mol. The molecule has 0 aromatic heterocycles. The maximum atomic E-state index is 6.15. The van der Waals surface area contributed by atoms with Crippen molar-refractivity contribution in [3.63, 3.8) is 0 Å². The van der Waals surface area contributed by atoms with Crippen LogP contribution in [0.25, 0.3) is 0 Å². The van der Waals surface area contributed by atoms with Crippen molar-refractivity contribution in [1.82, 2.24) is 4.90 Å². The summed E-state index contributed by atoms with van der Waals surface area (Å²) in [7, 11) is 0. The predicted octanol–water partition coefficient (Wildman–Crippen LogP) is 2.95. The second kappa shape index (κ2) is 6.04. The van der Waals surface area contributed by atoms with E-state index in [-0.39, 0.29) is 12.1 Å². The van der Waals surface area contributed by atoms with Crippen LogP contribution in [0.5, 0.6) is 5.75 Å². The maximum Gasteiger partial charge on any atom is 0.123 e. The molecule has 0 saturated carbocycles. The second-order valence-electron chi connectivity index (χ2n) is 6.11. The summed E-state index contributed by atoms with van der Waals surface area (Å²) in [4.78, 5) is 2.54. The van der Waals surface area contributed by atoms with Crippen molar-refractivity contribution >= 4 is 15.9 Å². The lowest BCUT2D eigenvalue weighted by Crippen LogP contribution is -2.51. The third-order valence-corrected chi connectivity index (χ3v) is 4.97. The van der Waals surface area contributed by atoms with Gasteiger partial charge in [-0.25, -0.2) is 0 Å². The van der Waals surface area contributed by atoms with Gasteiger partial charge < -0.3 is 10.5 Å². The van der Waals surface area contributed by atoms with Gasteiger partial charge in [-0.2, -0.15) is 0 Å². The minimum atomic E-state index is 0.244. The molecule has 2 heterocycles. The molecule has 3 atom stereocenters. The molecule has 0 spiro atoms. The van der Waals surface area contributed by atoms with Gasteiger partial charge in [0.15, 0.2) is 0 Å². The van der Waals surface area contributed by atoms with Crippen molar-refractivity contribution in [2.24, 2.45) is 5.73 Å². The van der Waals surface area contributed by atoms with Gasteiger partial charge in [0, 0.05) is 29.5 Å². The van der Waals surface area contributed by atoms with Gasteiger partial charge in [-0.1, -0.05) is 22.4 Å². The van der Waals surface area contributed by atoms with Gasteiger partial charge in [-0.05, 0) is 50.1 Å². The molecule has 20 heavy (non-hydrogen) atoms. The Morgan fingerprint density at radius 3 is 3.10 bits per heavy atom. The van der Waals surface area contributed by atoms with Crippen LogP contribution in [0, 0.1) is 0 Å². The number of rotatable bonds is 3. The van der Waals surface area contributed by atoms with E-state index in [0.717, 1.165) is 29.7 Å². The van der Waals surface area contributed by atoms with Crippen LogP contribution in [-0.4, -0.2) is 36.2 Å². The molecule has 3 unspecified atom stereocenters. The SMILES string of the molecule is CC(N)C1CCCCN1CC1Cc2cc(Br)ccc2O1. The van der Waals surface area contributed by atoms with Crippen LogP contribution in [0.3, 0.4) is 0 Å². The molecule has 1 fully saturated rings. The van der Waals surface area contributed by atoms with Crippen LogP contribution in [-0.2, 0) is 6.42 Å². The fourth-order valence-electron chi connectivity index (χ4n) is 3.49. The topological polar surface area (TPSA) is 38.5 Å². The van der Waals surface area contributed by atoms with Crippen molar-refractivity contribution in [2.75, 3.05) is 13.1 Å². The van der Waals surface area contributed by atoms with Crippen LogP contribution in [0.4, 0.5) is 0 Å². The number of halogens is 1. The maximum absolute atomic E-state index is 6.15. The van der Waals surface area contributed by atoms with E-state index >= 15 is 0 Å². The molecule has 0 aliphatic carbocycles. The molecule has 0 radical (unpaired) electrons. The third kappa shape index (κ3) is 3.02. The van der Waals surface area contributed by atoms with E-state index in [2.05, 4.69) is 39.9 Å². The zero-order chi connectivity index (χ0) is 14.1. The molecule has 2 aliphatic rings. The summed E-state index contributed by atoms with van der Waals surface area (Å²) >= 11 is 3.53. The van der Waals surface area contributed by atoms with E-state index in [0.29, 0.717) is 6.04 Å². The Bertz CT molecular complexity index is 478. The van der Waals surface area contributed by atoms with E-state index in [1.165, 1.54) is 24.8 Å². The summed E-state index contributed by atoms with van der Waals surface area (Å²) in [6, 6.07) is 7.05. The quantitative estimate of drug-likeness (QED) is 0.920. The lowest BCUT2D eigenvalue weighted by Gasteiger charge is -2.39. The molecule has 0 amide bonds. The van der Waals surface area contributed by atoms with Gasteiger partial charge in [-0.3, -0.25) is 4.90 Å². The highest BCUT2D eigenvalue weighted by atomic mass is 79.9. The van der Waals surface area contributed by atoms with E-state index in [1.54, 1.807) is 0 Å². The number of fused-ring (bicyclic) bond motifs is 1. The molecule has 0 bridgehead atoms. The summed E-state index contributed by atoms with van der Waals surface area (Å²) in [6.45, 7) is 4.29. The number of ether oxygens (including phenoxy) is 1. The number of hydrogen-bond acceptors (Lipinski definition) is 3. The largest absolute Gasteiger partial charge is 0.488 e. The zero-order valence-electron chi connectivity index (χ0n) is 12.0. The van der Waals surface area contributed by atoms with Gasteiger partial charge in [0.25, 0.3) is 0 Å². The second-order valence-corrected chi connectivity index (χ2v) is 7.03. The van der Waals surface area contributed by atoms with E-state index < -0.39 is 0 Å². The smallest absolute Gasteiger partial charge is 0.123 e. The summed E-state index contributed by atoms with van der Waals surface area (Å²) in [5.41, 5.74) is 7.47. The standard InChI is InChI=1S/C16H23BrN2O/c1-11(18)15-4-2-3-7-19(15)10-14-9-12-8-13(17)5-6-16(12)20-14/h5-6,8,11,14-15H,2-4,7,9-10,18H2,1H3. The first kappa shape index (κ1) is 14.4. The van der Waals surface area contributed by atoms with Crippen molar-refractivity contribution in [3.8, 4) is 5.75 Å². The third-order valence-electron chi connectivity index (χ3n) is 4.47. The Labute approximate surface area is 129 Å². The first-order chi connectivity index (χ1) is 9.63. The van der Waals surface area contributed by atoms with Crippen molar-refractivity contribution in [2.45, 2.75) is 50.8 Å². The molecule has 3 rings (SSSR count). The molecule has 1 aromatic carbocycles. The highest BCUT2D eigenvalue weighted by molar-refractivity contribution is 9.10. The molecule has 1 aromatic rings. The monoisotopic (exact) mass is 338 g/mol. The van der Waals surface area contributed by atoms with Crippen LogP contribution >= 0.6 is 15.9 Å². The fraction of sp³-hybridized carbons (Fsp3) is 0.625. The molecule has 110 valence electrons. The van der Waals surface area contributed by atoms with Crippen LogP contribution in [0.1, 0.15) is 31.7 Å². The molecular formula is C16H23BrN2O. The Hall–Kier alpha value is -0.580. The zero-order valence-corrected chi connectivity index (χ0v) is 13.6. The molecule has 4 heteroatoms. The molecule has 3 nitrogen and oxygen atoms in total. The van der Waals surface area contributed by atoms with Gasteiger partial charge in [0.2, 0.25) is 0 Å². The Morgan fingerprint density at radius 2 is 2.30 bits per heavy atom. The Morgan fingerprint density at radius 1 is 1.45 bits per heavy atom. The number of hydrogen-bond donors (Lipinski definition) is 1. The summed E-state index contributed by atoms with van der Waals surface area (Å²) in [5, 5.41) is 0. The lowest BCUT2D eigenvalue weighted by atomic mass is 9.96. The molecular weight excluding hydrogens is 316 g/mol. The van der Waals surface area contributed by atoms with E-state index in [9.17, 15) is 0 Å². The molecule has 2 N–H and O–H groups in total. The van der Waals surface area contributed by atoms with Gasteiger partial charge in [-0.15, -0.1) is 0 Å². The van der Waals surface area contributed by atoms with E-state index in [1.807, 2.05) is 6.07 Å². The first-order valence-corrected chi connectivity index (χ1v) is 8.37. The first-order valence-electron chi connectivity index (χ1n) is 7.58. The summed E-state index contributed by atoms with van der Waals surface area (Å²) < 4.78 is 7.22. The number of piperidine rings is 1. The summed E-state index contributed by atoms with van der Waals surface area (Å²) in [5.74, 6) is 1.05. The minimum absolute atomic E-state index is 0.244. The van der Waals surface area contributed by atoms with E-state index in [4.69, 9.17) is 10.5 Å². The van der Waals surface area contributed by atoms with Crippen molar-refractivity contribution < 1.29 is 4.74 Å². The van der Waals surface area contributed by atoms with Gasteiger partial charge in [0.05, 0.1) is 0 Å². The normalized spacial score (nSPS) is 27.9. The van der Waals surface area contributed by atoms with Crippen LogP contribution in [0.2, 0.25) is 0 Å². The average molecular weight is 339 g/mol. The highest BCUT2D eigenvalue weighted by Crippen LogP contribution is 2.32. The van der Waals surface area contributed by atoms with Crippen LogP contribution < -0.4 is 10.5 Å². The number of nitrogens with zero attached hydrogens (tertiary/aromatic N) is 1. The number of nitrogens with two attached hydrogens (primary N) is 1. The van der Waals surface area contributed by atoms with Gasteiger partial charge in [0.1, 0.15) is 11.9 Å². The fourth-order valence-corrected chi connectivity index (χ4v) is 3.90. The molecule has 1 saturated heterocycles. The van der Waals surface area contributed by atoms with Crippen molar-refractivity contribution in [1.29, 1.82) is 0 Å². The van der Waals surface area contributed by atoms with Crippen molar-refractivity contribution in [3.05, 3.63) is 28.2 Å². The van der Waals surface area contributed by atoms with Crippen LogP contribution in [0.15, 0.2) is 22.7 Å².